The average Bonchev–Trinajstić information content (AvgIpc) is 2.28. The molecule has 2 nitrogen and oxygen atoms in total. The Kier molecular flexibility index (Phi) is 4.63. The first kappa shape index (κ1) is 15.7. The molecule has 0 heterocycles. The van der Waals surface area contributed by atoms with Gasteiger partial charge in [-0.3, -0.25) is 0 Å². The van der Waals surface area contributed by atoms with Crippen LogP contribution in [0.15, 0.2) is 22.7 Å². The number of carbonyl (C=O) groups excluding carboxylic acids is 1. The van der Waals surface area contributed by atoms with Crippen LogP contribution in [0.4, 0.5) is 17.6 Å². The Morgan fingerprint density at radius 1 is 1.33 bits per heavy atom. The van der Waals surface area contributed by atoms with Crippen molar-refractivity contribution >= 4 is 44.5 Å². The molecule has 1 atom stereocenters. The van der Waals surface area contributed by atoms with Gasteiger partial charge in [0.1, 0.15) is 0 Å². The van der Waals surface area contributed by atoms with E-state index in [1.54, 1.807) is 0 Å². The van der Waals surface area contributed by atoms with Gasteiger partial charge in [0.2, 0.25) is 0 Å². The molecule has 0 aliphatic heterocycles. The molecule has 0 saturated carbocycles. The standard InChI is InChI=1S/C10H6BrF4IO2/c1-18-8(17)9(12,10(13,14)15)6-4-5(11)2-3-7(6)16/h2-4H,1H3/t9-/m1/s1. The zero-order valence-electron chi connectivity index (χ0n) is 8.82. The minimum absolute atomic E-state index is 0.0268. The second-order valence-corrected chi connectivity index (χ2v) is 5.35. The Morgan fingerprint density at radius 2 is 1.89 bits per heavy atom. The van der Waals surface area contributed by atoms with Gasteiger partial charge >= 0.3 is 17.8 Å². The van der Waals surface area contributed by atoms with Gasteiger partial charge in [0.15, 0.2) is 0 Å². The largest absolute Gasteiger partial charge is 0.466 e. The van der Waals surface area contributed by atoms with Gasteiger partial charge in [0.25, 0.3) is 0 Å². The molecule has 0 aliphatic carbocycles. The van der Waals surface area contributed by atoms with Crippen LogP contribution < -0.4 is 0 Å². The Balaban J connectivity index is 3.54. The second kappa shape index (κ2) is 5.32. The van der Waals surface area contributed by atoms with Gasteiger partial charge in [-0.25, -0.2) is 9.18 Å². The maximum atomic E-state index is 14.2. The molecular weight excluding hydrogens is 435 g/mol. The van der Waals surface area contributed by atoms with E-state index in [0.29, 0.717) is 7.11 Å². The molecule has 0 amide bonds. The number of ether oxygens (including phenoxy) is 1. The molecule has 18 heavy (non-hydrogen) atoms. The predicted octanol–water partition coefficient (Wildman–Crippen LogP) is 3.95. The summed E-state index contributed by atoms with van der Waals surface area (Å²) >= 11 is 4.46. The minimum Gasteiger partial charge on any atom is -0.466 e. The summed E-state index contributed by atoms with van der Waals surface area (Å²) in [4.78, 5) is 11.2. The third kappa shape index (κ3) is 2.63. The Labute approximate surface area is 122 Å². The highest BCUT2D eigenvalue weighted by Crippen LogP contribution is 2.45. The highest BCUT2D eigenvalue weighted by Gasteiger charge is 2.65. The molecule has 0 unspecified atom stereocenters. The molecule has 1 rings (SSSR count). The average molecular weight is 441 g/mol. The fourth-order valence-corrected chi connectivity index (χ4v) is 2.35. The number of hydrogen-bond acceptors (Lipinski definition) is 2. The summed E-state index contributed by atoms with van der Waals surface area (Å²) in [5.74, 6) is -1.99. The molecule has 0 aliphatic rings. The van der Waals surface area contributed by atoms with Crippen molar-refractivity contribution in [2.45, 2.75) is 11.8 Å². The normalized spacial score (nSPS) is 15.1. The number of carbonyl (C=O) groups is 1. The lowest BCUT2D eigenvalue weighted by atomic mass is 9.95. The molecular formula is C10H6BrF4IO2. The minimum atomic E-state index is -5.40. The Hall–Kier alpha value is -0.380. The number of hydrogen-bond donors (Lipinski definition) is 0. The maximum Gasteiger partial charge on any atom is 0.437 e. The SMILES string of the molecule is COC(=O)[C@](F)(c1cc(Br)ccc1I)C(F)(F)F. The van der Waals surface area contributed by atoms with Gasteiger partial charge < -0.3 is 4.74 Å². The van der Waals surface area contributed by atoms with Gasteiger partial charge in [-0.15, -0.1) is 0 Å². The van der Waals surface area contributed by atoms with E-state index in [9.17, 15) is 22.4 Å². The van der Waals surface area contributed by atoms with Crippen molar-refractivity contribution in [1.82, 2.24) is 0 Å². The predicted molar refractivity (Wildman–Crippen MR) is 67.7 cm³/mol. The number of rotatable bonds is 2. The van der Waals surface area contributed by atoms with E-state index >= 15 is 0 Å². The van der Waals surface area contributed by atoms with Crippen LogP contribution in [-0.4, -0.2) is 19.3 Å². The summed E-state index contributed by atoms with van der Waals surface area (Å²) in [6.45, 7) is 0. The first-order chi connectivity index (χ1) is 8.14. The molecule has 0 radical (unpaired) electrons. The zero-order chi connectivity index (χ0) is 14.1. The summed E-state index contributed by atoms with van der Waals surface area (Å²) in [6.07, 6.45) is -5.40. The van der Waals surface area contributed by atoms with Crippen LogP contribution in [0.3, 0.4) is 0 Å². The van der Waals surface area contributed by atoms with E-state index in [0.717, 1.165) is 6.07 Å². The zero-order valence-corrected chi connectivity index (χ0v) is 12.6. The lowest BCUT2D eigenvalue weighted by molar-refractivity contribution is -0.242. The summed E-state index contributed by atoms with van der Waals surface area (Å²) < 4.78 is 56.9. The molecule has 0 fully saturated rings. The van der Waals surface area contributed by atoms with E-state index in [1.807, 2.05) is 0 Å². The lowest BCUT2D eigenvalue weighted by Crippen LogP contribution is -2.46. The molecule has 1 aromatic rings. The van der Waals surface area contributed by atoms with Crippen LogP contribution in [0.1, 0.15) is 5.56 Å². The monoisotopic (exact) mass is 440 g/mol. The smallest absolute Gasteiger partial charge is 0.437 e. The van der Waals surface area contributed by atoms with Gasteiger partial charge in [0, 0.05) is 13.6 Å². The summed E-state index contributed by atoms with van der Waals surface area (Å²) in [6, 6.07) is 3.62. The van der Waals surface area contributed by atoms with Crippen LogP contribution in [0.5, 0.6) is 0 Å². The Bertz CT molecular complexity index is 477. The third-order valence-electron chi connectivity index (χ3n) is 2.16. The van der Waals surface area contributed by atoms with E-state index in [1.165, 1.54) is 34.7 Å². The highest BCUT2D eigenvalue weighted by atomic mass is 127. The lowest BCUT2D eigenvalue weighted by Gasteiger charge is -2.26. The summed E-state index contributed by atoms with van der Waals surface area (Å²) in [5.41, 5.74) is -4.97. The Morgan fingerprint density at radius 3 is 2.33 bits per heavy atom. The van der Waals surface area contributed by atoms with Crippen molar-refractivity contribution in [3.05, 3.63) is 31.8 Å². The van der Waals surface area contributed by atoms with E-state index < -0.39 is 23.4 Å². The number of methoxy groups -OCH3 is 1. The van der Waals surface area contributed by atoms with Crippen LogP contribution in [0, 0.1) is 3.57 Å². The van der Waals surface area contributed by atoms with E-state index in [-0.39, 0.29) is 8.04 Å². The molecule has 100 valence electrons. The summed E-state index contributed by atoms with van der Waals surface area (Å²) in [5, 5.41) is 0. The van der Waals surface area contributed by atoms with Crippen LogP contribution in [0.25, 0.3) is 0 Å². The fourth-order valence-electron chi connectivity index (χ4n) is 1.28. The highest BCUT2D eigenvalue weighted by molar-refractivity contribution is 14.1. The quantitative estimate of drug-likeness (QED) is 0.395. The number of esters is 1. The first-order valence-corrected chi connectivity index (χ1v) is 6.31. The van der Waals surface area contributed by atoms with Crippen molar-refractivity contribution in [3.8, 4) is 0 Å². The molecule has 0 saturated heterocycles. The van der Waals surface area contributed by atoms with E-state index in [2.05, 4.69) is 20.7 Å². The van der Waals surface area contributed by atoms with Crippen molar-refractivity contribution in [2.24, 2.45) is 0 Å². The van der Waals surface area contributed by atoms with Gasteiger partial charge in [-0.2, -0.15) is 13.2 Å². The summed E-state index contributed by atoms with van der Waals surface area (Å²) in [7, 11) is 0.702. The number of halogens is 6. The molecule has 0 N–H and O–H groups in total. The van der Waals surface area contributed by atoms with Crippen molar-refractivity contribution in [1.29, 1.82) is 0 Å². The van der Waals surface area contributed by atoms with Gasteiger partial charge in [0.05, 0.1) is 7.11 Å². The number of benzene rings is 1. The molecule has 1 aromatic carbocycles. The molecule has 0 spiro atoms. The molecule has 8 heteroatoms. The van der Waals surface area contributed by atoms with Crippen LogP contribution in [-0.2, 0) is 15.2 Å². The van der Waals surface area contributed by atoms with Crippen LogP contribution in [0.2, 0.25) is 0 Å². The molecule has 0 bridgehead atoms. The first-order valence-electron chi connectivity index (χ1n) is 4.44. The third-order valence-corrected chi connectivity index (χ3v) is 3.59. The molecule has 0 aromatic heterocycles. The van der Waals surface area contributed by atoms with Crippen LogP contribution >= 0.6 is 38.5 Å². The van der Waals surface area contributed by atoms with Gasteiger partial charge in [-0.05, 0) is 40.8 Å². The topological polar surface area (TPSA) is 26.3 Å². The van der Waals surface area contributed by atoms with Gasteiger partial charge in [-0.1, -0.05) is 15.9 Å². The fraction of sp³-hybridized carbons (Fsp3) is 0.300. The van der Waals surface area contributed by atoms with Crippen molar-refractivity contribution in [3.63, 3.8) is 0 Å². The maximum absolute atomic E-state index is 14.2. The van der Waals surface area contributed by atoms with Crippen molar-refractivity contribution < 1.29 is 27.1 Å². The number of alkyl halides is 4. The van der Waals surface area contributed by atoms with Crippen molar-refractivity contribution in [2.75, 3.05) is 7.11 Å². The van der Waals surface area contributed by atoms with E-state index in [4.69, 9.17) is 0 Å². The second-order valence-electron chi connectivity index (χ2n) is 3.27.